The van der Waals surface area contributed by atoms with Crippen LogP contribution in [0.3, 0.4) is 0 Å². The summed E-state index contributed by atoms with van der Waals surface area (Å²) in [5.41, 5.74) is 9.23. The standard InChI is InChI=1S/C51H32N4O/c52-33-34-22-24-37(25-23-34)48-53-49(55-50(54-48)43-19-11-13-36-12-7-8-18-42(36)43)38-28-26-35(27-29-38)39-30-31-47-45(32-39)51(40-14-3-1-4-15-40,41-16-5-2-6-17-41)44-20-9-10-21-46(44)56-47/h1-32H. The van der Waals surface area contributed by atoms with Crippen LogP contribution < -0.4 is 4.74 Å². The van der Waals surface area contributed by atoms with Crippen molar-refractivity contribution in [2.45, 2.75) is 5.41 Å². The van der Waals surface area contributed by atoms with Gasteiger partial charge >= 0.3 is 0 Å². The van der Waals surface area contributed by atoms with E-state index in [1.54, 1.807) is 12.1 Å². The Morgan fingerprint density at radius 3 is 1.66 bits per heavy atom. The molecule has 0 saturated heterocycles. The van der Waals surface area contributed by atoms with E-state index in [9.17, 15) is 5.26 Å². The van der Waals surface area contributed by atoms with E-state index in [2.05, 4.69) is 152 Å². The summed E-state index contributed by atoms with van der Waals surface area (Å²) in [6.07, 6.45) is 0. The van der Waals surface area contributed by atoms with Crippen LogP contribution in [0.4, 0.5) is 0 Å². The molecule has 9 aromatic rings. The van der Waals surface area contributed by atoms with E-state index in [1.165, 1.54) is 11.1 Å². The largest absolute Gasteiger partial charge is 0.457 e. The second-order valence-corrected chi connectivity index (χ2v) is 13.9. The molecule has 0 fully saturated rings. The summed E-state index contributed by atoms with van der Waals surface area (Å²) in [5.74, 6) is 3.38. The number of para-hydroxylation sites is 1. The Kier molecular flexibility index (Phi) is 8.01. The molecule has 0 saturated carbocycles. The summed E-state index contributed by atoms with van der Waals surface area (Å²) in [5, 5.41) is 11.6. The zero-order valence-electron chi connectivity index (χ0n) is 30.2. The summed E-state index contributed by atoms with van der Waals surface area (Å²) < 4.78 is 6.64. The van der Waals surface area contributed by atoms with Crippen molar-refractivity contribution in [2.75, 3.05) is 0 Å². The number of nitrogens with zero attached hydrogens (tertiary/aromatic N) is 4. The number of benzene rings is 8. The van der Waals surface area contributed by atoms with Gasteiger partial charge in [-0.05, 0) is 75.5 Å². The molecule has 8 aromatic carbocycles. The molecule has 0 atom stereocenters. The molecule has 262 valence electrons. The summed E-state index contributed by atoms with van der Waals surface area (Å²) in [6, 6.07) is 68.7. The maximum Gasteiger partial charge on any atom is 0.164 e. The molecule has 1 aromatic heterocycles. The number of nitriles is 1. The van der Waals surface area contributed by atoms with Gasteiger partial charge in [0.25, 0.3) is 0 Å². The Morgan fingerprint density at radius 1 is 0.429 bits per heavy atom. The van der Waals surface area contributed by atoms with Crippen LogP contribution in [0.2, 0.25) is 0 Å². The minimum Gasteiger partial charge on any atom is -0.457 e. The van der Waals surface area contributed by atoms with Gasteiger partial charge < -0.3 is 4.74 Å². The van der Waals surface area contributed by atoms with Crippen LogP contribution in [0.5, 0.6) is 11.5 Å². The predicted molar refractivity (Wildman–Crippen MR) is 222 cm³/mol. The van der Waals surface area contributed by atoms with Gasteiger partial charge in [0.1, 0.15) is 11.5 Å². The summed E-state index contributed by atoms with van der Waals surface area (Å²) in [4.78, 5) is 15.0. The minimum atomic E-state index is -0.604. The highest BCUT2D eigenvalue weighted by Crippen LogP contribution is 2.55. The van der Waals surface area contributed by atoms with E-state index < -0.39 is 5.41 Å². The number of rotatable bonds is 6. The lowest BCUT2D eigenvalue weighted by molar-refractivity contribution is 0.434. The first-order valence-corrected chi connectivity index (χ1v) is 18.6. The number of fused-ring (bicyclic) bond motifs is 3. The van der Waals surface area contributed by atoms with Gasteiger partial charge in [0, 0.05) is 27.8 Å². The molecule has 0 spiro atoms. The number of aromatic nitrogens is 3. The van der Waals surface area contributed by atoms with Crippen molar-refractivity contribution in [1.82, 2.24) is 15.0 Å². The predicted octanol–water partition coefficient (Wildman–Crippen LogP) is 12.1. The molecule has 0 aliphatic carbocycles. The molecule has 10 rings (SSSR count). The molecule has 0 unspecified atom stereocenters. The molecule has 2 heterocycles. The van der Waals surface area contributed by atoms with Gasteiger partial charge in [0.05, 0.1) is 17.0 Å². The highest BCUT2D eigenvalue weighted by Gasteiger charge is 2.45. The topological polar surface area (TPSA) is 71.7 Å². The fourth-order valence-corrected chi connectivity index (χ4v) is 8.07. The first kappa shape index (κ1) is 32.9. The molecule has 5 nitrogen and oxygen atoms in total. The zero-order chi connectivity index (χ0) is 37.5. The minimum absolute atomic E-state index is 0.541. The Bertz CT molecular complexity index is 2890. The van der Waals surface area contributed by atoms with Crippen molar-refractivity contribution in [3.05, 3.63) is 222 Å². The van der Waals surface area contributed by atoms with Crippen LogP contribution in [-0.2, 0) is 5.41 Å². The molecule has 0 bridgehead atoms. The molecule has 1 aliphatic heterocycles. The van der Waals surface area contributed by atoms with E-state index in [1.807, 2.05) is 36.4 Å². The lowest BCUT2D eigenvalue weighted by atomic mass is 9.63. The third-order valence-electron chi connectivity index (χ3n) is 10.7. The lowest BCUT2D eigenvalue weighted by Crippen LogP contribution is -2.34. The highest BCUT2D eigenvalue weighted by atomic mass is 16.5. The van der Waals surface area contributed by atoms with Crippen molar-refractivity contribution < 1.29 is 4.74 Å². The van der Waals surface area contributed by atoms with E-state index in [0.29, 0.717) is 23.0 Å². The number of ether oxygens (including phenoxy) is 1. The highest BCUT2D eigenvalue weighted by molar-refractivity contribution is 5.95. The van der Waals surface area contributed by atoms with E-state index in [0.717, 1.165) is 61.2 Å². The Labute approximate surface area is 324 Å². The van der Waals surface area contributed by atoms with Gasteiger partial charge in [0.2, 0.25) is 0 Å². The van der Waals surface area contributed by atoms with Crippen LogP contribution in [0, 0.1) is 11.3 Å². The molecule has 56 heavy (non-hydrogen) atoms. The van der Waals surface area contributed by atoms with Crippen LogP contribution in [0.1, 0.15) is 27.8 Å². The Balaban J connectivity index is 1.10. The van der Waals surface area contributed by atoms with E-state index in [-0.39, 0.29) is 0 Å². The van der Waals surface area contributed by atoms with Crippen LogP contribution in [0.15, 0.2) is 194 Å². The smallest absolute Gasteiger partial charge is 0.164 e. The van der Waals surface area contributed by atoms with Gasteiger partial charge in [-0.25, -0.2) is 15.0 Å². The second-order valence-electron chi connectivity index (χ2n) is 13.9. The SMILES string of the molecule is N#Cc1ccc(-c2nc(-c3ccc(-c4ccc5c(c4)C(c4ccccc4)(c4ccccc4)c4ccccc4O5)cc3)nc(-c3cccc4ccccc34)n2)cc1. The quantitative estimate of drug-likeness (QED) is 0.171. The maximum atomic E-state index is 9.42. The average molecular weight is 717 g/mol. The summed E-state index contributed by atoms with van der Waals surface area (Å²) in [6.45, 7) is 0. The molecule has 0 amide bonds. The van der Waals surface area contributed by atoms with Gasteiger partial charge in [-0.1, -0.05) is 152 Å². The molecular weight excluding hydrogens is 685 g/mol. The van der Waals surface area contributed by atoms with Crippen molar-refractivity contribution in [2.24, 2.45) is 0 Å². The van der Waals surface area contributed by atoms with Gasteiger partial charge in [-0.3, -0.25) is 0 Å². The second kappa shape index (κ2) is 13.6. The number of hydrogen-bond donors (Lipinski definition) is 0. The monoisotopic (exact) mass is 716 g/mol. The third-order valence-corrected chi connectivity index (χ3v) is 10.7. The normalized spacial score (nSPS) is 12.6. The molecule has 0 N–H and O–H groups in total. The van der Waals surface area contributed by atoms with Crippen LogP contribution >= 0.6 is 0 Å². The maximum absolute atomic E-state index is 9.42. The van der Waals surface area contributed by atoms with Gasteiger partial charge in [0.15, 0.2) is 17.5 Å². The Hall–Kier alpha value is -7.68. The zero-order valence-corrected chi connectivity index (χ0v) is 30.2. The molecule has 0 radical (unpaired) electrons. The average Bonchev–Trinajstić information content (AvgIpc) is 3.28. The molecule has 5 heteroatoms. The lowest BCUT2D eigenvalue weighted by Gasteiger charge is -2.41. The number of hydrogen-bond acceptors (Lipinski definition) is 5. The summed E-state index contributed by atoms with van der Waals surface area (Å²) in [7, 11) is 0. The van der Waals surface area contributed by atoms with Crippen LogP contribution in [-0.4, -0.2) is 15.0 Å². The fourth-order valence-electron chi connectivity index (χ4n) is 8.07. The van der Waals surface area contributed by atoms with Crippen molar-refractivity contribution in [3.63, 3.8) is 0 Å². The fraction of sp³-hybridized carbons (Fsp3) is 0.0196. The van der Waals surface area contributed by atoms with Crippen molar-refractivity contribution in [3.8, 4) is 62.9 Å². The van der Waals surface area contributed by atoms with E-state index in [4.69, 9.17) is 19.7 Å². The first-order chi connectivity index (χ1) is 27.7. The van der Waals surface area contributed by atoms with E-state index >= 15 is 0 Å². The Morgan fingerprint density at radius 2 is 0.964 bits per heavy atom. The van der Waals surface area contributed by atoms with Crippen LogP contribution in [0.25, 0.3) is 56.1 Å². The molecular formula is C51H32N4O. The summed E-state index contributed by atoms with van der Waals surface area (Å²) >= 11 is 0. The van der Waals surface area contributed by atoms with Crippen molar-refractivity contribution >= 4 is 10.8 Å². The third kappa shape index (κ3) is 5.52. The molecule has 1 aliphatic rings. The van der Waals surface area contributed by atoms with Gasteiger partial charge in [-0.15, -0.1) is 0 Å². The first-order valence-electron chi connectivity index (χ1n) is 18.6. The van der Waals surface area contributed by atoms with Crippen molar-refractivity contribution in [1.29, 1.82) is 5.26 Å². The van der Waals surface area contributed by atoms with Gasteiger partial charge in [-0.2, -0.15) is 5.26 Å².